The van der Waals surface area contributed by atoms with E-state index in [1.165, 1.54) is 6.26 Å². The first-order valence-electron chi connectivity index (χ1n) is 4.65. The number of aromatic nitrogens is 2. The Morgan fingerprint density at radius 2 is 2.50 bits per heavy atom. The highest BCUT2D eigenvalue weighted by Gasteiger charge is 2.12. The van der Waals surface area contributed by atoms with Crippen molar-refractivity contribution in [3.63, 3.8) is 0 Å². The van der Waals surface area contributed by atoms with Crippen molar-refractivity contribution in [2.24, 2.45) is 7.05 Å². The largest absolute Gasteiger partial charge is 0.457 e. The molecule has 1 N–H and O–H groups in total. The molecule has 2 rings (SSSR count). The van der Waals surface area contributed by atoms with Gasteiger partial charge in [-0.2, -0.15) is 5.10 Å². The number of rotatable bonds is 3. The van der Waals surface area contributed by atoms with Gasteiger partial charge in [0.2, 0.25) is 0 Å². The lowest BCUT2D eigenvalue weighted by atomic mass is 10.3. The Balaban J connectivity index is 1.96. The van der Waals surface area contributed by atoms with Crippen LogP contribution in [0.1, 0.15) is 15.9 Å². The maximum atomic E-state index is 11.7. The molecule has 6 heteroatoms. The van der Waals surface area contributed by atoms with E-state index in [4.69, 9.17) is 4.42 Å². The van der Waals surface area contributed by atoms with Crippen LogP contribution in [-0.4, -0.2) is 15.7 Å². The van der Waals surface area contributed by atoms with Crippen molar-refractivity contribution < 1.29 is 9.21 Å². The van der Waals surface area contributed by atoms with Crippen LogP contribution in [0.4, 0.5) is 0 Å². The number of hydrogen-bond acceptors (Lipinski definition) is 3. The Labute approximate surface area is 101 Å². The molecule has 2 aromatic heterocycles. The molecule has 16 heavy (non-hydrogen) atoms. The zero-order valence-corrected chi connectivity index (χ0v) is 10.2. The highest BCUT2D eigenvalue weighted by molar-refractivity contribution is 9.10. The van der Waals surface area contributed by atoms with Crippen molar-refractivity contribution >= 4 is 21.8 Å². The summed E-state index contributed by atoms with van der Waals surface area (Å²) in [5.74, 6) is -0.176. The number of amides is 1. The van der Waals surface area contributed by atoms with Crippen molar-refractivity contribution in [1.29, 1.82) is 0 Å². The Morgan fingerprint density at radius 3 is 3.06 bits per heavy atom. The van der Waals surface area contributed by atoms with Gasteiger partial charge in [-0.05, 0) is 22.0 Å². The molecule has 84 valence electrons. The van der Waals surface area contributed by atoms with E-state index in [0.717, 1.165) is 5.56 Å². The molecule has 0 unspecified atom stereocenters. The normalized spacial score (nSPS) is 10.4. The fourth-order valence-electron chi connectivity index (χ4n) is 1.30. The molecule has 0 aliphatic carbocycles. The first kappa shape index (κ1) is 10.9. The van der Waals surface area contributed by atoms with E-state index in [0.29, 0.717) is 16.8 Å². The van der Waals surface area contributed by atoms with Crippen LogP contribution in [-0.2, 0) is 13.6 Å². The van der Waals surface area contributed by atoms with Crippen LogP contribution in [0.3, 0.4) is 0 Å². The fourth-order valence-corrected chi connectivity index (χ4v) is 1.72. The molecule has 0 aromatic carbocycles. The summed E-state index contributed by atoms with van der Waals surface area (Å²) in [5, 5.41) is 6.79. The molecule has 0 fully saturated rings. The van der Waals surface area contributed by atoms with Crippen LogP contribution < -0.4 is 5.32 Å². The van der Waals surface area contributed by atoms with E-state index in [1.807, 2.05) is 13.2 Å². The number of hydrogen-bond donors (Lipinski definition) is 1. The van der Waals surface area contributed by atoms with Gasteiger partial charge in [-0.3, -0.25) is 9.48 Å². The SMILES string of the molecule is Cn1cc(CNC(=O)c2ccoc2Br)cn1. The number of carbonyl (C=O) groups is 1. The van der Waals surface area contributed by atoms with Gasteiger partial charge in [0.25, 0.3) is 5.91 Å². The van der Waals surface area contributed by atoms with Crippen LogP contribution in [0.2, 0.25) is 0 Å². The van der Waals surface area contributed by atoms with Gasteiger partial charge in [0, 0.05) is 25.4 Å². The second-order valence-electron chi connectivity index (χ2n) is 3.31. The molecule has 0 aliphatic rings. The second kappa shape index (κ2) is 4.52. The van der Waals surface area contributed by atoms with Crippen molar-refractivity contribution in [2.75, 3.05) is 0 Å². The third kappa shape index (κ3) is 2.33. The zero-order chi connectivity index (χ0) is 11.5. The average molecular weight is 284 g/mol. The molecule has 0 aliphatic heterocycles. The standard InChI is InChI=1S/C10H10BrN3O2/c1-14-6-7(5-13-14)4-12-10(15)8-2-3-16-9(8)11/h2-3,5-6H,4H2,1H3,(H,12,15). The Bertz CT molecular complexity index is 504. The number of halogens is 1. The van der Waals surface area contributed by atoms with Crippen LogP contribution in [0.25, 0.3) is 0 Å². The molecule has 5 nitrogen and oxygen atoms in total. The first-order chi connectivity index (χ1) is 7.66. The number of furan rings is 1. The fraction of sp³-hybridized carbons (Fsp3) is 0.200. The van der Waals surface area contributed by atoms with Crippen molar-refractivity contribution in [3.8, 4) is 0 Å². The molecule has 2 aromatic rings. The average Bonchev–Trinajstić information content (AvgIpc) is 2.84. The molecule has 0 spiro atoms. The topological polar surface area (TPSA) is 60.1 Å². The minimum absolute atomic E-state index is 0.176. The number of nitrogens with zero attached hydrogens (tertiary/aromatic N) is 2. The lowest BCUT2D eigenvalue weighted by Gasteiger charge is -2.01. The molecule has 1 amide bonds. The minimum atomic E-state index is -0.176. The van der Waals surface area contributed by atoms with Crippen molar-refractivity contribution in [3.05, 3.63) is 40.5 Å². The van der Waals surface area contributed by atoms with E-state index >= 15 is 0 Å². The summed E-state index contributed by atoms with van der Waals surface area (Å²) in [5.41, 5.74) is 1.44. The number of nitrogens with one attached hydrogen (secondary N) is 1. The van der Waals surface area contributed by atoms with Gasteiger partial charge in [0.05, 0.1) is 18.0 Å². The summed E-state index contributed by atoms with van der Waals surface area (Å²) in [6.45, 7) is 0.449. The smallest absolute Gasteiger partial charge is 0.256 e. The van der Waals surface area contributed by atoms with Gasteiger partial charge in [-0.15, -0.1) is 0 Å². The lowest BCUT2D eigenvalue weighted by molar-refractivity contribution is 0.0949. The highest BCUT2D eigenvalue weighted by atomic mass is 79.9. The van der Waals surface area contributed by atoms with Crippen molar-refractivity contribution in [2.45, 2.75) is 6.54 Å². The highest BCUT2D eigenvalue weighted by Crippen LogP contribution is 2.17. The Morgan fingerprint density at radius 1 is 1.69 bits per heavy atom. The van der Waals surface area contributed by atoms with Crippen LogP contribution in [0, 0.1) is 0 Å². The maximum absolute atomic E-state index is 11.7. The third-order valence-electron chi connectivity index (χ3n) is 2.07. The monoisotopic (exact) mass is 283 g/mol. The Hall–Kier alpha value is -1.56. The molecule has 0 atom stereocenters. The van der Waals surface area contributed by atoms with Crippen LogP contribution in [0.5, 0.6) is 0 Å². The predicted molar refractivity (Wildman–Crippen MR) is 60.8 cm³/mol. The molecule has 0 radical (unpaired) electrons. The quantitative estimate of drug-likeness (QED) is 0.933. The summed E-state index contributed by atoms with van der Waals surface area (Å²) in [4.78, 5) is 11.7. The van der Waals surface area contributed by atoms with Gasteiger partial charge in [0.1, 0.15) is 0 Å². The predicted octanol–water partition coefficient (Wildman–Crippen LogP) is 1.71. The minimum Gasteiger partial charge on any atom is -0.457 e. The number of aryl methyl sites for hydroxylation is 1. The summed E-state index contributed by atoms with van der Waals surface area (Å²) >= 11 is 3.15. The lowest BCUT2D eigenvalue weighted by Crippen LogP contribution is -2.22. The summed E-state index contributed by atoms with van der Waals surface area (Å²) < 4.78 is 7.11. The van der Waals surface area contributed by atoms with E-state index in [-0.39, 0.29) is 5.91 Å². The van der Waals surface area contributed by atoms with E-state index < -0.39 is 0 Å². The Kier molecular flexibility index (Phi) is 3.09. The van der Waals surface area contributed by atoms with Crippen LogP contribution in [0.15, 0.2) is 33.8 Å². The number of carbonyl (C=O) groups excluding carboxylic acids is 1. The molecular formula is C10H10BrN3O2. The molecular weight excluding hydrogens is 274 g/mol. The first-order valence-corrected chi connectivity index (χ1v) is 5.45. The van der Waals surface area contributed by atoms with E-state index in [1.54, 1.807) is 16.9 Å². The summed E-state index contributed by atoms with van der Waals surface area (Å²) in [6.07, 6.45) is 5.03. The van der Waals surface area contributed by atoms with E-state index in [2.05, 4.69) is 26.3 Å². The zero-order valence-electron chi connectivity index (χ0n) is 8.61. The molecule has 2 heterocycles. The van der Waals surface area contributed by atoms with E-state index in [9.17, 15) is 4.79 Å². The van der Waals surface area contributed by atoms with Crippen LogP contribution >= 0.6 is 15.9 Å². The van der Waals surface area contributed by atoms with Crippen molar-refractivity contribution in [1.82, 2.24) is 15.1 Å². The second-order valence-corrected chi connectivity index (χ2v) is 4.03. The van der Waals surface area contributed by atoms with Gasteiger partial charge < -0.3 is 9.73 Å². The van der Waals surface area contributed by atoms with Gasteiger partial charge in [-0.25, -0.2) is 0 Å². The molecule has 0 bridgehead atoms. The molecule has 0 saturated carbocycles. The molecule has 0 saturated heterocycles. The van der Waals surface area contributed by atoms with Gasteiger partial charge in [0.15, 0.2) is 4.67 Å². The summed E-state index contributed by atoms with van der Waals surface area (Å²) in [7, 11) is 1.83. The summed E-state index contributed by atoms with van der Waals surface area (Å²) in [6, 6.07) is 1.61. The van der Waals surface area contributed by atoms with Gasteiger partial charge in [-0.1, -0.05) is 0 Å². The van der Waals surface area contributed by atoms with Gasteiger partial charge >= 0.3 is 0 Å². The third-order valence-corrected chi connectivity index (χ3v) is 2.69. The maximum Gasteiger partial charge on any atom is 0.256 e.